The second-order valence-electron chi connectivity index (χ2n) is 3.60. The maximum absolute atomic E-state index is 12.0. The zero-order chi connectivity index (χ0) is 14.0. The summed E-state index contributed by atoms with van der Waals surface area (Å²) in [4.78, 5) is 14.8. The summed E-state index contributed by atoms with van der Waals surface area (Å²) in [6.07, 6.45) is -4.90. The van der Waals surface area contributed by atoms with Crippen molar-refractivity contribution in [3.05, 3.63) is 29.6 Å². The molecule has 0 aliphatic carbocycles. The molecule has 0 saturated heterocycles. The van der Waals surface area contributed by atoms with Gasteiger partial charge in [-0.15, -0.1) is 11.3 Å². The van der Waals surface area contributed by atoms with Gasteiger partial charge in [0.1, 0.15) is 0 Å². The molecule has 1 aromatic carbocycles. The van der Waals surface area contributed by atoms with E-state index >= 15 is 0 Å². The van der Waals surface area contributed by atoms with Crippen LogP contribution in [0.15, 0.2) is 29.6 Å². The summed E-state index contributed by atoms with van der Waals surface area (Å²) in [5, 5.41) is 3.90. The van der Waals surface area contributed by atoms with Crippen molar-refractivity contribution in [1.82, 2.24) is 4.98 Å². The van der Waals surface area contributed by atoms with Crippen molar-refractivity contribution < 1.29 is 18.0 Å². The molecule has 8 heteroatoms. The third-order valence-corrected chi connectivity index (χ3v) is 2.89. The molecule has 0 unspecified atom stereocenters. The largest absolute Gasteiger partial charge is 0.471 e. The van der Waals surface area contributed by atoms with Crippen LogP contribution in [-0.2, 0) is 4.79 Å². The normalized spacial score (nSPS) is 11.3. The number of nitrogens with two attached hydrogens (primary N) is 1. The van der Waals surface area contributed by atoms with E-state index in [1.165, 1.54) is 23.5 Å². The highest BCUT2D eigenvalue weighted by atomic mass is 32.1. The molecule has 1 heterocycles. The number of nitrogen functional groups attached to an aromatic ring is 1. The van der Waals surface area contributed by atoms with E-state index in [0.717, 1.165) is 0 Å². The van der Waals surface area contributed by atoms with Crippen LogP contribution in [-0.4, -0.2) is 17.1 Å². The topological polar surface area (TPSA) is 68.0 Å². The number of rotatable bonds is 2. The highest BCUT2D eigenvalue weighted by molar-refractivity contribution is 7.13. The monoisotopic (exact) mass is 287 g/mol. The maximum atomic E-state index is 12.0. The molecule has 0 saturated carbocycles. The summed E-state index contributed by atoms with van der Waals surface area (Å²) < 4.78 is 36.1. The van der Waals surface area contributed by atoms with Crippen LogP contribution in [0.3, 0.4) is 0 Å². The number of aromatic nitrogens is 1. The lowest BCUT2D eigenvalue weighted by molar-refractivity contribution is -0.167. The highest BCUT2D eigenvalue weighted by Gasteiger charge is 2.38. The number of hydrogen-bond acceptors (Lipinski definition) is 4. The molecular weight excluding hydrogens is 279 g/mol. The summed E-state index contributed by atoms with van der Waals surface area (Å²) in [6.45, 7) is 0. The van der Waals surface area contributed by atoms with Gasteiger partial charge in [-0.25, -0.2) is 4.98 Å². The fourth-order valence-corrected chi connectivity index (χ4v) is 1.92. The van der Waals surface area contributed by atoms with E-state index in [-0.39, 0.29) is 5.69 Å². The predicted octanol–water partition coefficient (Wildman–Crippen LogP) is 2.89. The van der Waals surface area contributed by atoms with E-state index < -0.39 is 12.1 Å². The number of alkyl halides is 3. The first kappa shape index (κ1) is 13.3. The molecular formula is C11H8F3N3OS. The number of anilines is 2. The first-order chi connectivity index (χ1) is 8.86. The number of hydrogen-bond donors (Lipinski definition) is 2. The lowest BCUT2D eigenvalue weighted by atomic mass is 10.1. The average Bonchev–Trinajstić information content (AvgIpc) is 2.75. The smallest absolute Gasteiger partial charge is 0.375 e. The first-order valence-corrected chi connectivity index (χ1v) is 5.94. The van der Waals surface area contributed by atoms with Gasteiger partial charge in [0.15, 0.2) is 5.13 Å². The molecule has 19 heavy (non-hydrogen) atoms. The molecule has 1 amide bonds. The molecule has 1 aromatic heterocycles. The first-order valence-electron chi connectivity index (χ1n) is 5.06. The van der Waals surface area contributed by atoms with Crippen LogP contribution in [0, 0.1) is 0 Å². The number of carbonyl (C=O) groups excluding carboxylic acids is 1. The van der Waals surface area contributed by atoms with E-state index in [1.54, 1.807) is 22.8 Å². The molecule has 0 fully saturated rings. The Labute approximate surface area is 110 Å². The van der Waals surface area contributed by atoms with Gasteiger partial charge < -0.3 is 11.1 Å². The molecule has 100 valence electrons. The fraction of sp³-hybridized carbons (Fsp3) is 0.0909. The minimum atomic E-state index is -4.90. The standard InChI is InChI=1S/C11H8F3N3OS/c12-11(13,14)9(18)16-7-3-1-6(2-4-7)8-5-19-10(15)17-8/h1-5H,(H2,15,17)(H,16,18). The Morgan fingerprint density at radius 3 is 2.37 bits per heavy atom. The lowest BCUT2D eigenvalue weighted by Crippen LogP contribution is -2.29. The van der Waals surface area contributed by atoms with Gasteiger partial charge >= 0.3 is 12.1 Å². The minimum Gasteiger partial charge on any atom is -0.375 e. The fourth-order valence-electron chi connectivity index (χ4n) is 1.35. The van der Waals surface area contributed by atoms with E-state index in [4.69, 9.17) is 5.73 Å². The Balaban J connectivity index is 2.13. The van der Waals surface area contributed by atoms with E-state index in [2.05, 4.69) is 4.98 Å². The van der Waals surface area contributed by atoms with E-state index in [1.807, 2.05) is 0 Å². The van der Waals surface area contributed by atoms with Crippen LogP contribution in [0.2, 0.25) is 0 Å². The van der Waals surface area contributed by atoms with Gasteiger partial charge in [0, 0.05) is 16.6 Å². The molecule has 0 aliphatic heterocycles. The van der Waals surface area contributed by atoms with Gasteiger partial charge in [0.05, 0.1) is 5.69 Å². The van der Waals surface area contributed by atoms with Crippen LogP contribution in [0.1, 0.15) is 0 Å². The Hall–Kier alpha value is -2.09. The van der Waals surface area contributed by atoms with Crippen molar-refractivity contribution in [2.45, 2.75) is 6.18 Å². The van der Waals surface area contributed by atoms with Gasteiger partial charge in [-0.3, -0.25) is 4.79 Å². The molecule has 0 aliphatic rings. The molecule has 0 bridgehead atoms. The molecule has 3 N–H and O–H groups in total. The molecule has 0 spiro atoms. The summed E-state index contributed by atoms with van der Waals surface area (Å²) in [7, 11) is 0. The van der Waals surface area contributed by atoms with Crippen molar-refractivity contribution in [2.24, 2.45) is 0 Å². The Bertz CT molecular complexity index is 592. The Morgan fingerprint density at radius 2 is 1.89 bits per heavy atom. The van der Waals surface area contributed by atoms with E-state index in [9.17, 15) is 18.0 Å². The quantitative estimate of drug-likeness (QED) is 0.892. The maximum Gasteiger partial charge on any atom is 0.471 e. The lowest BCUT2D eigenvalue weighted by Gasteiger charge is -2.08. The summed E-state index contributed by atoms with van der Waals surface area (Å²) in [5.41, 5.74) is 6.89. The van der Waals surface area contributed by atoms with Gasteiger partial charge in [-0.05, 0) is 12.1 Å². The van der Waals surface area contributed by atoms with E-state index in [0.29, 0.717) is 16.4 Å². The minimum absolute atomic E-state index is 0.0641. The van der Waals surface area contributed by atoms with Crippen LogP contribution >= 0.6 is 11.3 Å². The SMILES string of the molecule is Nc1nc(-c2ccc(NC(=O)C(F)(F)F)cc2)cs1. The van der Waals surface area contributed by atoms with Crippen molar-refractivity contribution in [1.29, 1.82) is 0 Å². The second kappa shape index (κ2) is 4.88. The number of nitrogens with zero attached hydrogens (tertiary/aromatic N) is 1. The number of benzene rings is 1. The van der Waals surface area contributed by atoms with Crippen molar-refractivity contribution >= 4 is 28.1 Å². The van der Waals surface area contributed by atoms with Crippen molar-refractivity contribution in [2.75, 3.05) is 11.1 Å². The predicted molar refractivity (Wildman–Crippen MR) is 66.6 cm³/mol. The number of halogens is 3. The molecule has 2 rings (SSSR count). The molecule has 0 radical (unpaired) electrons. The van der Waals surface area contributed by atoms with Crippen LogP contribution in [0.25, 0.3) is 11.3 Å². The van der Waals surface area contributed by atoms with Crippen molar-refractivity contribution in [3.8, 4) is 11.3 Å². The second-order valence-corrected chi connectivity index (χ2v) is 4.49. The third kappa shape index (κ3) is 3.22. The Morgan fingerprint density at radius 1 is 1.26 bits per heavy atom. The number of carbonyl (C=O) groups is 1. The zero-order valence-corrected chi connectivity index (χ0v) is 10.2. The average molecular weight is 287 g/mol. The highest BCUT2D eigenvalue weighted by Crippen LogP contribution is 2.25. The number of nitrogens with one attached hydrogen (secondary N) is 1. The van der Waals surface area contributed by atoms with Gasteiger partial charge in [0.2, 0.25) is 0 Å². The van der Waals surface area contributed by atoms with Crippen LogP contribution in [0.4, 0.5) is 24.0 Å². The van der Waals surface area contributed by atoms with Crippen molar-refractivity contribution in [3.63, 3.8) is 0 Å². The molecule has 0 atom stereocenters. The van der Waals surface area contributed by atoms with Crippen LogP contribution in [0.5, 0.6) is 0 Å². The third-order valence-electron chi connectivity index (χ3n) is 2.22. The Kier molecular flexibility index (Phi) is 3.43. The van der Waals surface area contributed by atoms with Crippen LogP contribution < -0.4 is 11.1 Å². The zero-order valence-electron chi connectivity index (χ0n) is 9.36. The number of thiazole rings is 1. The molecule has 4 nitrogen and oxygen atoms in total. The van der Waals surface area contributed by atoms with Gasteiger partial charge in [-0.1, -0.05) is 12.1 Å². The van der Waals surface area contributed by atoms with Gasteiger partial charge in [-0.2, -0.15) is 13.2 Å². The van der Waals surface area contributed by atoms with Gasteiger partial charge in [0.25, 0.3) is 0 Å². The summed E-state index contributed by atoms with van der Waals surface area (Å²) in [6, 6.07) is 5.85. The number of amides is 1. The summed E-state index contributed by atoms with van der Waals surface area (Å²) >= 11 is 1.27. The molecule has 2 aromatic rings. The summed E-state index contributed by atoms with van der Waals surface area (Å²) in [5.74, 6) is -2.00.